The van der Waals surface area contributed by atoms with Gasteiger partial charge in [0, 0.05) is 11.1 Å². The maximum atomic E-state index is 5.20. The molecule has 1 aromatic rings. The lowest BCUT2D eigenvalue weighted by Crippen LogP contribution is -2.07. The Morgan fingerprint density at radius 3 is 2.45 bits per heavy atom. The Labute approximate surface area is 71.5 Å². The molecule has 1 nitrogen and oxygen atoms in total. The van der Waals surface area contributed by atoms with Crippen molar-refractivity contribution in [3.05, 3.63) is 16.1 Å². The van der Waals surface area contributed by atoms with Crippen molar-refractivity contribution in [1.29, 1.82) is 0 Å². The Balaban J connectivity index is 3.01. The summed E-state index contributed by atoms with van der Waals surface area (Å²) in [4.78, 5) is 5.32. The molecule has 2 heteroatoms. The quantitative estimate of drug-likeness (QED) is 0.538. The van der Waals surface area contributed by atoms with Crippen molar-refractivity contribution in [3.8, 4) is 12.3 Å². The lowest BCUT2D eigenvalue weighted by molar-refractivity contribution is 0.602. The van der Waals surface area contributed by atoms with Crippen molar-refractivity contribution in [2.45, 2.75) is 26.2 Å². The van der Waals surface area contributed by atoms with Crippen LogP contribution in [-0.2, 0) is 5.41 Å². The van der Waals surface area contributed by atoms with Gasteiger partial charge in [-0.15, -0.1) is 17.8 Å². The average molecular weight is 165 g/mol. The summed E-state index contributed by atoms with van der Waals surface area (Å²) in [6, 6.07) is 0. The van der Waals surface area contributed by atoms with Crippen molar-refractivity contribution < 1.29 is 0 Å². The predicted molar refractivity (Wildman–Crippen MR) is 48.7 cm³/mol. The zero-order chi connectivity index (χ0) is 8.48. The predicted octanol–water partition coefficient (Wildman–Crippen LogP) is 2.42. The first kappa shape index (κ1) is 8.29. The second kappa shape index (κ2) is 2.67. The molecule has 0 aromatic carbocycles. The standard InChI is InChI=1S/C9H11NS/c1-5-8-10-6-7(11-8)9(2,3)4/h1,6H,2-4H3. The normalized spacial score (nSPS) is 11.1. The molecular weight excluding hydrogens is 154 g/mol. The topological polar surface area (TPSA) is 12.9 Å². The maximum absolute atomic E-state index is 5.20. The van der Waals surface area contributed by atoms with Crippen molar-refractivity contribution >= 4 is 11.3 Å². The van der Waals surface area contributed by atoms with Gasteiger partial charge in [-0.1, -0.05) is 20.8 Å². The second-order valence-corrected chi connectivity index (χ2v) is 4.45. The van der Waals surface area contributed by atoms with Gasteiger partial charge >= 0.3 is 0 Å². The van der Waals surface area contributed by atoms with Gasteiger partial charge in [-0.25, -0.2) is 4.98 Å². The Morgan fingerprint density at radius 1 is 1.55 bits per heavy atom. The molecule has 0 amide bonds. The zero-order valence-corrected chi connectivity index (χ0v) is 7.83. The molecule has 11 heavy (non-hydrogen) atoms. The summed E-state index contributed by atoms with van der Waals surface area (Å²) in [5, 5.41) is 0.773. The van der Waals surface area contributed by atoms with E-state index in [-0.39, 0.29) is 5.41 Å². The van der Waals surface area contributed by atoms with Crippen LogP contribution in [0.1, 0.15) is 30.7 Å². The molecule has 0 unspecified atom stereocenters. The van der Waals surface area contributed by atoms with E-state index in [4.69, 9.17) is 6.42 Å². The Kier molecular flexibility index (Phi) is 2.01. The number of thiazole rings is 1. The smallest absolute Gasteiger partial charge is 0.166 e. The molecule has 58 valence electrons. The van der Waals surface area contributed by atoms with Crippen LogP contribution in [0.25, 0.3) is 0 Å². The molecule has 0 atom stereocenters. The van der Waals surface area contributed by atoms with Crippen LogP contribution in [0.4, 0.5) is 0 Å². The molecule has 0 aliphatic rings. The molecule has 0 radical (unpaired) electrons. The highest BCUT2D eigenvalue weighted by Gasteiger charge is 2.16. The number of hydrogen-bond acceptors (Lipinski definition) is 2. The van der Waals surface area contributed by atoms with Crippen LogP contribution in [0.15, 0.2) is 6.20 Å². The van der Waals surface area contributed by atoms with E-state index in [1.54, 1.807) is 11.3 Å². The first-order chi connectivity index (χ1) is 5.04. The van der Waals surface area contributed by atoms with Crippen molar-refractivity contribution in [2.24, 2.45) is 0 Å². The summed E-state index contributed by atoms with van der Waals surface area (Å²) in [6.07, 6.45) is 7.07. The van der Waals surface area contributed by atoms with Crippen LogP contribution in [0.5, 0.6) is 0 Å². The number of hydrogen-bond donors (Lipinski definition) is 0. The van der Waals surface area contributed by atoms with Gasteiger partial charge in [-0.05, 0) is 11.3 Å². The summed E-state index contributed by atoms with van der Waals surface area (Å²) in [6.45, 7) is 6.46. The summed E-state index contributed by atoms with van der Waals surface area (Å²) in [5.41, 5.74) is 0.173. The van der Waals surface area contributed by atoms with Gasteiger partial charge in [0.15, 0.2) is 5.01 Å². The van der Waals surface area contributed by atoms with Crippen molar-refractivity contribution in [2.75, 3.05) is 0 Å². The van der Waals surface area contributed by atoms with E-state index in [0.29, 0.717) is 0 Å². The molecule has 0 fully saturated rings. The lowest BCUT2D eigenvalue weighted by Gasteiger charge is -2.13. The van der Waals surface area contributed by atoms with Gasteiger partial charge in [-0.2, -0.15) is 0 Å². The molecule has 1 heterocycles. The van der Waals surface area contributed by atoms with Crippen LogP contribution >= 0.6 is 11.3 Å². The van der Waals surface area contributed by atoms with Crippen molar-refractivity contribution in [3.63, 3.8) is 0 Å². The van der Waals surface area contributed by atoms with Crippen LogP contribution in [0, 0.1) is 12.3 Å². The van der Waals surface area contributed by atoms with E-state index < -0.39 is 0 Å². The van der Waals surface area contributed by atoms with Crippen LogP contribution < -0.4 is 0 Å². The number of aromatic nitrogens is 1. The molecular formula is C9H11NS. The monoisotopic (exact) mass is 165 g/mol. The summed E-state index contributed by atoms with van der Waals surface area (Å²) in [7, 11) is 0. The zero-order valence-electron chi connectivity index (χ0n) is 7.01. The van der Waals surface area contributed by atoms with Gasteiger partial charge in [0.2, 0.25) is 0 Å². The van der Waals surface area contributed by atoms with Gasteiger partial charge in [0.25, 0.3) is 0 Å². The van der Waals surface area contributed by atoms with E-state index in [2.05, 4.69) is 31.7 Å². The molecule has 0 saturated heterocycles. The van der Waals surface area contributed by atoms with Crippen LogP contribution in [0.3, 0.4) is 0 Å². The highest BCUT2D eigenvalue weighted by atomic mass is 32.1. The first-order valence-corrected chi connectivity index (χ1v) is 4.28. The highest BCUT2D eigenvalue weighted by molar-refractivity contribution is 7.12. The summed E-state index contributed by atoms with van der Waals surface area (Å²) < 4.78 is 0. The van der Waals surface area contributed by atoms with E-state index in [1.807, 2.05) is 6.20 Å². The first-order valence-electron chi connectivity index (χ1n) is 3.47. The van der Waals surface area contributed by atoms with Crippen molar-refractivity contribution in [1.82, 2.24) is 4.98 Å². The molecule has 0 saturated carbocycles. The lowest BCUT2D eigenvalue weighted by atomic mass is 9.96. The van der Waals surface area contributed by atoms with Crippen LogP contribution in [-0.4, -0.2) is 4.98 Å². The van der Waals surface area contributed by atoms with Gasteiger partial charge in [-0.3, -0.25) is 0 Å². The highest BCUT2D eigenvalue weighted by Crippen LogP contribution is 2.26. The minimum Gasteiger partial charge on any atom is -0.236 e. The Hall–Kier alpha value is -0.810. The summed E-state index contributed by atoms with van der Waals surface area (Å²) in [5.74, 6) is 2.53. The molecule has 0 bridgehead atoms. The van der Waals surface area contributed by atoms with Gasteiger partial charge in [0.1, 0.15) is 0 Å². The summed E-state index contributed by atoms with van der Waals surface area (Å²) >= 11 is 1.59. The van der Waals surface area contributed by atoms with E-state index >= 15 is 0 Å². The number of nitrogens with zero attached hydrogens (tertiary/aromatic N) is 1. The average Bonchev–Trinajstić information content (AvgIpc) is 2.32. The minimum absolute atomic E-state index is 0.173. The fraction of sp³-hybridized carbons (Fsp3) is 0.444. The molecule has 0 spiro atoms. The number of terminal acetylenes is 1. The second-order valence-electron chi connectivity index (χ2n) is 3.42. The fourth-order valence-corrected chi connectivity index (χ4v) is 1.47. The molecule has 1 rings (SSSR count). The molecule has 0 aliphatic heterocycles. The maximum Gasteiger partial charge on any atom is 0.166 e. The Bertz CT molecular complexity index is 285. The molecule has 0 aliphatic carbocycles. The van der Waals surface area contributed by atoms with E-state index in [1.165, 1.54) is 4.88 Å². The fourth-order valence-electron chi connectivity index (χ4n) is 0.688. The SMILES string of the molecule is C#Cc1ncc(C(C)(C)C)s1. The molecule has 0 N–H and O–H groups in total. The van der Waals surface area contributed by atoms with E-state index in [0.717, 1.165) is 5.01 Å². The third-order valence-corrected chi connectivity index (χ3v) is 2.72. The third kappa shape index (κ3) is 1.81. The third-order valence-electron chi connectivity index (χ3n) is 1.37. The largest absolute Gasteiger partial charge is 0.236 e. The van der Waals surface area contributed by atoms with Crippen LogP contribution in [0.2, 0.25) is 0 Å². The Morgan fingerprint density at radius 2 is 2.18 bits per heavy atom. The molecule has 1 aromatic heterocycles. The van der Waals surface area contributed by atoms with Gasteiger partial charge in [0.05, 0.1) is 0 Å². The van der Waals surface area contributed by atoms with E-state index in [9.17, 15) is 0 Å². The number of rotatable bonds is 0. The minimum atomic E-state index is 0.173. The van der Waals surface area contributed by atoms with Gasteiger partial charge < -0.3 is 0 Å².